The Morgan fingerprint density at radius 2 is 1.78 bits per heavy atom. The van der Waals surface area contributed by atoms with E-state index >= 15 is 0 Å². The van der Waals surface area contributed by atoms with E-state index in [4.69, 9.17) is 9.72 Å². The van der Waals surface area contributed by atoms with E-state index in [9.17, 15) is 14.7 Å². The minimum atomic E-state index is -0.853. The largest absolute Gasteiger partial charge is 0.507 e. The van der Waals surface area contributed by atoms with Crippen LogP contribution in [0.15, 0.2) is 66.2 Å². The van der Waals surface area contributed by atoms with Crippen molar-refractivity contribution in [3.05, 3.63) is 94.1 Å². The summed E-state index contributed by atoms with van der Waals surface area (Å²) in [5.74, 6) is -1.03. The number of aliphatic hydroxyl groups is 1. The first-order valence-electron chi connectivity index (χ1n) is 12.3. The van der Waals surface area contributed by atoms with Crippen LogP contribution in [-0.2, 0) is 9.59 Å². The van der Waals surface area contributed by atoms with Gasteiger partial charge in [0.25, 0.3) is 5.78 Å². The molecule has 7 heteroatoms. The van der Waals surface area contributed by atoms with Crippen LogP contribution in [0.25, 0.3) is 16.0 Å². The van der Waals surface area contributed by atoms with E-state index in [-0.39, 0.29) is 11.3 Å². The maximum absolute atomic E-state index is 13.5. The van der Waals surface area contributed by atoms with Crippen LogP contribution in [0.4, 0.5) is 5.13 Å². The number of hydrogen-bond acceptors (Lipinski definition) is 6. The molecule has 3 aromatic carbocycles. The molecule has 1 N–H and O–H groups in total. The number of carbonyl (C=O) groups is 2. The summed E-state index contributed by atoms with van der Waals surface area (Å²) in [7, 11) is 0. The van der Waals surface area contributed by atoms with Gasteiger partial charge in [-0.2, -0.15) is 0 Å². The third-order valence-electron chi connectivity index (χ3n) is 6.44. The molecular weight excluding hydrogens is 484 g/mol. The summed E-state index contributed by atoms with van der Waals surface area (Å²) >= 11 is 1.36. The summed E-state index contributed by atoms with van der Waals surface area (Å²) in [6.07, 6.45) is 0.848. The maximum Gasteiger partial charge on any atom is 0.301 e. The first kappa shape index (κ1) is 24.7. The molecule has 6 nitrogen and oxygen atoms in total. The second-order valence-electron chi connectivity index (χ2n) is 9.38. The number of anilines is 1. The minimum Gasteiger partial charge on any atom is -0.507 e. The van der Waals surface area contributed by atoms with Gasteiger partial charge in [0.15, 0.2) is 5.13 Å². The number of benzene rings is 3. The minimum absolute atomic E-state index is 0.0358. The van der Waals surface area contributed by atoms with Crippen molar-refractivity contribution < 1.29 is 19.4 Å². The summed E-state index contributed by atoms with van der Waals surface area (Å²) in [5, 5.41) is 11.8. The highest BCUT2D eigenvalue weighted by Gasteiger charge is 2.48. The average molecular weight is 513 g/mol. The van der Waals surface area contributed by atoms with Crippen LogP contribution < -0.4 is 9.64 Å². The number of amides is 1. The molecule has 0 spiro atoms. The van der Waals surface area contributed by atoms with Crippen molar-refractivity contribution in [1.82, 2.24) is 4.98 Å². The number of aryl methyl sites for hydroxylation is 3. The van der Waals surface area contributed by atoms with Crippen molar-refractivity contribution in [1.29, 1.82) is 0 Å². The Balaban J connectivity index is 1.72. The van der Waals surface area contributed by atoms with E-state index in [1.807, 2.05) is 76.2 Å². The fourth-order valence-electron chi connectivity index (χ4n) is 4.67. The number of aromatic nitrogens is 1. The van der Waals surface area contributed by atoms with Crippen molar-refractivity contribution in [2.75, 3.05) is 11.5 Å². The van der Waals surface area contributed by atoms with Crippen molar-refractivity contribution in [2.45, 2.75) is 40.2 Å². The van der Waals surface area contributed by atoms with Crippen LogP contribution >= 0.6 is 11.3 Å². The Morgan fingerprint density at radius 1 is 1.03 bits per heavy atom. The second-order valence-corrected chi connectivity index (χ2v) is 10.4. The standard InChI is InChI=1S/C30H28N2O4S/c1-5-13-36-22-8-6-7-21(16-22)26-24(27(33)20-11-9-17(2)10-12-20)28(34)29(35)32(26)30-31-25-19(4)14-18(3)15-23(25)37-30/h6-12,14-16,26,33H,5,13H2,1-4H3/b27-24+. The fourth-order valence-corrected chi connectivity index (χ4v) is 5.84. The third kappa shape index (κ3) is 4.51. The van der Waals surface area contributed by atoms with E-state index in [1.165, 1.54) is 16.2 Å². The van der Waals surface area contributed by atoms with E-state index < -0.39 is 17.7 Å². The Hall–Kier alpha value is -3.97. The highest BCUT2D eigenvalue weighted by molar-refractivity contribution is 7.22. The Bertz CT molecular complexity index is 1550. The first-order valence-corrected chi connectivity index (χ1v) is 13.1. The van der Waals surface area contributed by atoms with E-state index in [0.717, 1.165) is 33.3 Å². The highest BCUT2D eigenvalue weighted by atomic mass is 32.1. The number of thiazole rings is 1. The number of hydrogen-bond donors (Lipinski definition) is 1. The fraction of sp³-hybridized carbons (Fsp3) is 0.233. The molecule has 0 bridgehead atoms. The maximum atomic E-state index is 13.5. The topological polar surface area (TPSA) is 79.7 Å². The van der Waals surface area contributed by atoms with Crippen LogP contribution in [-0.4, -0.2) is 28.4 Å². The zero-order chi connectivity index (χ0) is 26.3. The summed E-state index contributed by atoms with van der Waals surface area (Å²) in [6.45, 7) is 8.51. The van der Waals surface area contributed by atoms with Gasteiger partial charge in [0, 0.05) is 5.56 Å². The van der Waals surface area contributed by atoms with Crippen molar-refractivity contribution in [3.8, 4) is 5.75 Å². The van der Waals surface area contributed by atoms with Crippen LogP contribution in [0.2, 0.25) is 0 Å². The summed E-state index contributed by atoms with van der Waals surface area (Å²) in [5.41, 5.74) is 5.09. The van der Waals surface area contributed by atoms with E-state index in [2.05, 4.69) is 0 Å². The first-order chi connectivity index (χ1) is 17.8. The molecule has 1 unspecified atom stereocenters. The number of nitrogens with zero attached hydrogens (tertiary/aromatic N) is 2. The molecule has 1 aliphatic rings. The number of Topliss-reactive ketones (excluding diaryl/α,β-unsaturated/α-hetero) is 1. The van der Waals surface area contributed by atoms with Gasteiger partial charge in [-0.25, -0.2) is 4.98 Å². The van der Waals surface area contributed by atoms with Gasteiger partial charge in [-0.1, -0.05) is 66.3 Å². The van der Waals surface area contributed by atoms with Gasteiger partial charge in [-0.15, -0.1) is 0 Å². The van der Waals surface area contributed by atoms with Crippen LogP contribution in [0, 0.1) is 20.8 Å². The molecule has 1 amide bonds. The molecule has 1 atom stereocenters. The number of ether oxygens (including phenoxy) is 1. The second kappa shape index (κ2) is 9.82. The normalized spacial score (nSPS) is 17.1. The smallest absolute Gasteiger partial charge is 0.301 e. The Kier molecular flexibility index (Phi) is 6.56. The van der Waals surface area contributed by atoms with Crippen LogP contribution in [0.5, 0.6) is 5.75 Å². The third-order valence-corrected chi connectivity index (χ3v) is 7.44. The van der Waals surface area contributed by atoms with Gasteiger partial charge in [-0.05, 0) is 62.1 Å². The summed E-state index contributed by atoms with van der Waals surface area (Å²) in [6, 6.07) is 17.8. The van der Waals surface area contributed by atoms with E-state index in [1.54, 1.807) is 12.1 Å². The number of rotatable bonds is 6. The lowest BCUT2D eigenvalue weighted by atomic mass is 9.95. The van der Waals surface area contributed by atoms with Gasteiger partial charge in [0.05, 0.1) is 28.4 Å². The van der Waals surface area contributed by atoms with Crippen molar-refractivity contribution >= 4 is 44.1 Å². The molecule has 1 saturated heterocycles. The molecular formula is C30H28N2O4S. The number of aliphatic hydroxyl groups excluding tert-OH is 1. The lowest BCUT2D eigenvalue weighted by Gasteiger charge is -2.23. The molecule has 188 valence electrons. The molecule has 0 aliphatic carbocycles. The lowest BCUT2D eigenvalue weighted by molar-refractivity contribution is -0.132. The molecule has 1 aliphatic heterocycles. The molecule has 0 radical (unpaired) electrons. The lowest BCUT2D eigenvalue weighted by Crippen LogP contribution is -2.29. The van der Waals surface area contributed by atoms with Crippen molar-refractivity contribution in [3.63, 3.8) is 0 Å². The molecule has 5 rings (SSSR count). The zero-order valence-electron chi connectivity index (χ0n) is 21.2. The number of carbonyl (C=O) groups excluding carboxylic acids is 2. The Morgan fingerprint density at radius 3 is 2.51 bits per heavy atom. The Labute approximate surface area is 219 Å². The van der Waals surface area contributed by atoms with Crippen LogP contribution in [0.1, 0.15) is 47.2 Å². The predicted octanol–water partition coefficient (Wildman–Crippen LogP) is 6.64. The van der Waals surface area contributed by atoms with E-state index in [0.29, 0.717) is 28.6 Å². The quantitative estimate of drug-likeness (QED) is 0.178. The number of ketones is 1. The van der Waals surface area contributed by atoms with Crippen molar-refractivity contribution in [2.24, 2.45) is 0 Å². The highest BCUT2D eigenvalue weighted by Crippen LogP contribution is 2.45. The number of fused-ring (bicyclic) bond motifs is 1. The SMILES string of the molecule is CCCOc1cccc(C2/C(=C(\O)c3ccc(C)cc3)C(=O)C(=O)N2c2nc3c(C)cc(C)cc3s2)c1. The molecule has 1 fully saturated rings. The molecule has 37 heavy (non-hydrogen) atoms. The van der Waals surface area contributed by atoms with Gasteiger partial charge in [0.1, 0.15) is 11.5 Å². The van der Waals surface area contributed by atoms with Gasteiger partial charge >= 0.3 is 5.91 Å². The zero-order valence-corrected chi connectivity index (χ0v) is 22.1. The monoisotopic (exact) mass is 512 g/mol. The summed E-state index contributed by atoms with van der Waals surface area (Å²) < 4.78 is 6.78. The molecule has 4 aromatic rings. The molecule has 0 saturated carbocycles. The van der Waals surface area contributed by atoms with Gasteiger partial charge in [-0.3, -0.25) is 14.5 Å². The molecule has 1 aromatic heterocycles. The average Bonchev–Trinajstić information content (AvgIpc) is 3.41. The predicted molar refractivity (Wildman–Crippen MR) is 147 cm³/mol. The summed E-state index contributed by atoms with van der Waals surface area (Å²) in [4.78, 5) is 33.2. The van der Waals surface area contributed by atoms with Crippen LogP contribution in [0.3, 0.4) is 0 Å². The molecule has 2 heterocycles. The van der Waals surface area contributed by atoms with Gasteiger partial charge < -0.3 is 9.84 Å². The van der Waals surface area contributed by atoms with Gasteiger partial charge in [0.2, 0.25) is 0 Å².